The van der Waals surface area contributed by atoms with Crippen LogP contribution in [0.3, 0.4) is 0 Å². The van der Waals surface area contributed by atoms with Gasteiger partial charge < -0.3 is 29.6 Å². The average Bonchev–Trinajstić information content (AvgIpc) is 3.52. The van der Waals surface area contributed by atoms with Crippen molar-refractivity contribution in [3.63, 3.8) is 0 Å². The molecule has 11 nitrogen and oxygen atoms in total. The molecular formula is C29H33N4O7PS. The maximum Gasteiger partial charge on any atom is 0.358 e. The van der Waals surface area contributed by atoms with Crippen LogP contribution in [0.5, 0.6) is 0 Å². The largest absolute Gasteiger partial charge is 0.364 e. The number of pyridine rings is 1. The molecule has 42 heavy (non-hydrogen) atoms. The smallest absolute Gasteiger partial charge is 0.358 e. The van der Waals surface area contributed by atoms with Crippen LogP contribution in [-0.2, 0) is 18.9 Å². The molecule has 222 valence electrons. The number of nitrogens with zero attached hydrogens (tertiary/aromatic N) is 3. The number of rotatable bonds is 7. The fraction of sp³-hybridized carbons (Fsp3) is 0.448. The second-order valence-electron chi connectivity index (χ2n) is 11.3. The van der Waals surface area contributed by atoms with E-state index in [0.29, 0.717) is 41.8 Å². The molecule has 1 unspecified atom stereocenters. The number of nitrogens with one attached hydrogen (secondary N) is 1. The Morgan fingerprint density at radius 1 is 1.14 bits per heavy atom. The minimum Gasteiger partial charge on any atom is -0.364 e. The number of fused-ring (bicyclic) bond motifs is 2. The zero-order chi connectivity index (χ0) is 29.6. The van der Waals surface area contributed by atoms with Gasteiger partial charge in [-0.2, -0.15) is 0 Å². The van der Waals surface area contributed by atoms with E-state index < -0.39 is 31.4 Å². The van der Waals surface area contributed by atoms with Gasteiger partial charge in [-0.1, -0.05) is 12.1 Å². The van der Waals surface area contributed by atoms with E-state index in [0.717, 1.165) is 29.5 Å². The third-order valence-electron chi connectivity index (χ3n) is 8.60. The van der Waals surface area contributed by atoms with Gasteiger partial charge in [-0.15, -0.1) is 11.3 Å². The molecular weight excluding hydrogens is 579 g/mol. The van der Waals surface area contributed by atoms with E-state index in [4.69, 9.17) is 4.74 Å². The number of aromatic nitrogens is 1. The summed E-state index contributed by atoms with van der Waals surface area (Å²) in [5.41, 5.74) is 1.42. The standard InChI is InChI=1S/C29H33N4O7PS/c1-40-29(41(37,38)39)17-7-10-24-19(12-17)13-25(42-24)26(34)31-22-6-2-5-21-8-9-23(33(21)27(22)35)28(36)32-15-20(16-32)18-4-3-11-30-14-18/h3-4,7,10-14,20-23,29H,2,5-6,8-9,15-16H2,1H3,(H,31,34)(H2,37,38,39)/t21-,22-,23-,29?/m0/s1. The fourth-order valence-electron chi connectivity index (χ4n) is 6.46. The van der Waals surface area contributed by atoms with Crippen LogP contribution in [0.15, 0.2) is 48.8 Å². The van der Waals surface area contributed by atoms with Crippen molar-refractivity contribution in [1.29, 1.82) is 0 Å². The predicted octanol–water partition coefficient (Wildman–Crippen LogP) is 3.39. The van der Waals surface area contributed by atoms with Crippen LogP contribution < -0.4 is 5.32 Å². The fourth-order valence-corrected chi connectivity index (χ4v) is 8.23. The normalized spacial score (nSPS) is 23.8. The third kappa shape index (κ3) is 5.49. The van der Waals surface area contributed by atoms with Gasteiger partial charge in [0.15, 0.2) is 5.85 Å². The van der Waals surface area contributed by atoms with Crippen LogP contribution in [0, 0.1) is 0 Å². The second-order valence-corrected chi connectivity index (χ2v) is 14.0. The van der Waals surface area contributed by atoms with Gasteiger partial charge >= 0.3 is 7.60 Å². The highest BCUT2D eigenvalue weighted by Gasteiger charge is 2.47. The first-order chi connectivity index (χ1) is 20.1. The highest BCUT2D eigenvalue weighted by molar-refractivity contribution is 7.52. The average molecular weight is 613 g/mol. The first-order valence-corrected chi connectivity index (χ1v) is 16.6. The molecule has 0 saturated carbocycles. The third-order valence-corrected chi connectivity index (χ3v) is 10.8. The Hall–Kier alpha value is -3.15. The van der Waals surface area contributed by atoms with Gasteiger partial charge in [-0.05, 0) is 72.9 Å². The second kappa shape index (κ2) is 11.5. The van der Waals surface area contributed by atoms with Crippen LogP contribution >= 0.6 is 18.9 Å². The van der Waals surface area contributed by atoms with E-state index in [2.05, 4.69) is 10.3 Å². The number of hydrogen-bond acceptors (Lipinski definition) is 7. The lowest BCUT2D eigenvalue weighted by molar-refractivity contribution is -0.148. The Morgan fingerprint density at radius 2 is 1.95 bits per heavy atom. The van der Waals surface area contributed by atoms with Crippen molar-refractivity contribution in [2.45, 2.75) is 62.0 Å². The summed E-state index contributed by atoms with van der Waals surface area (Å²) >= 11 is 1.24. The number of likely N-dealkylation sites (tertiary alicyclic amines) is 1. The van der Waals surface area contributed by atoms with Crippen molar-refractivity contribution in [3.8, 4) is 0 Å². The summed E-state index contributed by atoms with van der Waals surface area (Å²) < 4.78 is 17.6. The minimum atomic E-state index is -4.54. The molecule has 3 saturated heterocycles. The summed E-state index contributed by atoms with van der Waals surface area (Å²) in [5.74, 6) is -1.77. The molecule has 0 aliphatic carbocycles. The molecule has 5 heterocycles. The molecule has 0 spiro atoms. The van der Waals surface area contributed by atoms with Crippen LogP contribution in [0.1, 0.15) is 64.7 Å². The Bertz CT molecular complexity index is 1550. The topological polar surface area (TPSA) is 149 Å². The Kier molecular flexibility index (Phi) is 7.93. The van der Waals surface area contributed by atoms with Gasteiger partial charge in [0.1, 0.15) is 12.1 Å². The van der Waals surface area contributed by atoms with E-state index in [1.165, 1.54) is 18.4 Å². The molecule has 3 aromatic rings. The first kappa shape index (κ1) is 28.9. The number of benzene rings is 1. The van der Waals surface area contributed by atoms with Crippen molar-refractivity contribution in [3.05, 3.63) is 64.8 Å². The monoisotopic (exact) mass is 612 g/mol. The number of hydrogen-bond donors (Lipinski definition) is 3. The number of methoxy groups -OCH3 is 1. The van der Waals surface area contributed by atoms with E-state index in [1.54, 1.807) is 35.4 Å². The number of amides is 3. The molecule has 3 N–H and O–H groups in total. The van der Waals surface area contributed by atoms with E-state index in [9.17, 15) is 28.7 Å². The van der Waals surface area contributed by atoms with Crippen molar-refractivity contribution in [2.75, 3.05) is 20.2 Å². The molecule has 1 aromatic carbocycles. The van der Waals surface area contributed by atoms with Crippen molar-refractivity contribution in [1.82, 2.24) is 20.1 Å². The molecule has 2 aromatic heterocycles. The molecule has 3 amide bonds. The summed E-state index contributed by atoms with van der Waals surface area (Å²) in [6, 6.07) is 9.19. The summed E-state index contributed by atoms with van der Waals surface area (Å²) in [7, 11) is -3.30. The summed E-state index contributed by atoms with van der Waals surface area (Å²) in [5, 5.41) is 3.56. The molecule has 3 fully saturated rings. The van der Waals surface area contributed by atoms with Gasteiger partial charge in [0.2, 0.25) is 11.8 Å². The zero-order valence-corrected chi connectivity index (χ0v) is 24.8. The maximum absolute atomic E-state index is 13.8. The number of thiophene rings is 1. The minimum absolute atomic E-state index is 0.00532. The first-order valence-electron chi connectivity index (χ1n) is 14.1. The van der Waals surface area contributed by atoms with Crippen LogP contribution in [0.4, 0.5) is 0 Å². The van der Waals surface area contributed by atoms with Gasteiger partial charge in [-0.25, -0.2) is 0 Å². The quantitative estimate of drug-likeness (QED) is 0.344. The molecule has 0 radical (unpaired) electrons. The van der Waals surface area contributed by atoms with Crippen LogP contribution in [0.2, 0.25) is 0 Å². The highest BCUT2D eigenvalue weighted by Crippen LogP contribution is 2.52. The zero-order valence-electron chi connectivity index (χ0n) is 23.1. The number of carbonyl (C=O) groups excluding carboxylic acids is 3. The van der Waals surface area contributed by atoms with Gasteiger partial charge in [0.05, 0.1) is 4.88 Å². The van der Waals surface area contributed by atoms with Gasteiger partial charge in [0.25, 0.3) is 5.91 Å². The lowest BCUT2D eigenvalue weighted by atomic mass is 9.92. The Balaban J connectivity index is 1.14. The molecule has 3 aliphatic rings. The number of carbonyl (C=O) groups is 3. The Labute approximate surface area is 247 Å². The van der Waals surface area contributed by atoms with Gasteiger partial charge in [0, 0.05) is 49.3 Å². The highest BCUT2D eigenvalue weighted by atomic mass is 32.1. The molecule has 4 atom stereocenters. The molecule has 0 bridgehead atoms. The summed E-state index contributed by atoms with van der Waals surface area (Å²) in [6.45, 7) is 1.22. The van der Waals surface area contributed by atoms with Crippen molar-refractivity contribution >= 4 is 46.7 Å². The van der Waals surface area contributed by atoms with Crippen LogP contribution in [0.25, 0.3) is 10.1 Å². The summed E-state index contributed by atoms with van der Waals surface area (Å²) in [6.07, 6.45) is 7.02. The maximum atomic E-state index is 13.8. The predicted molar refractivity (Wildman–Crippen MR) is 156 cm³/mol. The SMILES string of the molecule is COC(c1ccc2sc(C(=O)N[C@H]3CCC[C@H]4CC[C@@H](C(=O)N5CC(c6cccnc6)C5)N4C3=O)cc2c1)P(=O)(O)O. The molecule has 3 aliphatic heterocycles. The van der Waals surface area contributed by atoms with Crippen LogP contribution in [-0.4, -0.2) is 80.6 Å². The Morgan fingerprint density at radius 3 is 2.67 bits per heavy atom. The summed E-state index contributed by atoms with van der Waals surface area (Å²) in [4.78, 5) is 68.0. The lowest BCUT2D eigenvalue weighted by Gasteiger charge is -2.42. The molecule has 13 heteroatoms. The van der Waals surface area contributed by atoms with Gasteiger partial charge in [-0.3, -0.25) is 23.9 Å². The molecule has 6 rings (SSSR count). The number of ether oxygens (including phenoxy) is 1. The van der Waals surface area contributed by atoms with Crippen molar-refractivity contribution < 1.29 is 33.5 Å². The van der Waals surface area contributed by atoms with Crippen molar-refractivity contribution in [2.24, 2.45) is 0 Å². The van der Waals surface area contributed by atoms with E-state index in [-0.39, 0.29) is 23.8 Å². The lowest BCUT2D eigenvalue weighted by Crippen LogP contribution is -2.58. The van der Waals surface area contributed by atoms with E-state index >= 15 is 0 Å². The van der Waals surface area contributed by atoms with E-state index in [1.807, 2.05) is 23.2 Å².